The summed E-state index contributed by atoms with van der Waals surface area (Å²) in [5.74, 6) is -0.102. The molecular weight excluding hydrogens is 231 g/mol. The standard InChI is InChI=1S/C11H14F3N3/c1-2-8-7-6-15-4-3-9(7)17-10(16-8)5-11(12,13)14/h15H,2-6H2,1H3. The third-order valence-electron chi connectivity index (χ3n) is 2.76. The van der Waals surface area contributed by atoms with Crippen LogP contribution in [0.2, 0.25) is 0 Å². The lowest BCUT2D eigenvalue weighted by molar-refractivity contribution is -0.128. The molecule has 0 aliphatic carbocycles. The molecule has 0 unspecified atom stereocenters. The van der Waals surface area contributed by atoms with Gasteiger partial charge in [0, 0.05) is 30.8 Å². The van der Waals surface area contributed by atoms with Crippen molar-refractivity contribution >= 4 is 0 Å². The van der Waals surface area contributed by atoms with E-state index in [2.05, 4.69) is 15.3 Å². The van der Waals surface area contributed by atoms with Crippen molar-refractivity contribution in [1.82, 2.24) is 15.3 Å². The van der Waals surface area contributed by atoms with Crippen LogP contribution in [0.1, 0.15) is 29.7 Å². The first-order valence-electron chi connectivity index (χ1n) is 5.64. The van der Waals surface area contributed by atoms with Crippen LogP contribution in [0.4, 0.5) is 13.2 Å². The van der Waals surface area contributed by atoms with E-state index >= 15 is 0 Å². The molecule has 2 rings (SSSR count). The minimum absolute atomic E-state index is 0.102. The van der Waals surface area contributed by atoms with Gasteiger partial charge in [0.1, 0.15) is 12.2 Å². The zero-order chi connectivity index (χ0) is 12.5. The Hall–Kier alpha value is -1.17. The Kier molecular flexibility index (Phi) is 3.33. The molecule has 0 fully saturated rings. The summed E-state index contributed by atoms with van der Waals surface area (Å²) in [5.41, 5.74) is 2.49. The van der Waals surface area contributed by atoms with Gasteiger partial charge >= 0.3 is 6.18 Å². The van der Waals surface area contributed by atoms with Gasteiger partial charge in [-0.1, -0.05) is 6.92 Å². The number of fused-ring (bicyclic) bond motifs is 1. The monoisotopic (exact) mass is 245 g/mol. The number of aromatic nitrogens is 2. The van der Waals surface area contributed by atoms with Gasteiger partial charge in [0.05, 0.1) is 5.69 Å². The van der Waals surface area contributed by atoms with Gasteiger partial charge in [-0.25, -0.2) is 9.97 Å². The summed E-state index contributed by atoms with van der Waals surface area (Å²) in [4.78, 5) is 8.05. The van der Waals surface area contributed by atoms with Crippen LogP contribution in [0.5, 0.6) is 0 Å². The zero-order valence-corrected chi connectivity index (χ0v) is 9.56. The highest BCUT2D eigenvalue weighted by molar-refractivity contribution is 5.28. The van der Waals surface area contributed by atoms with E-state index in [0.29, 0.717) is 19.4 Å². The average Bonchev–Trinajstić information content (AvgIpc) is 2.25. The fourth-order valence-electron chi connectivity index (χ4n) is 2.02. The first kappa shape index (κ1) is 12.3. The summed E-state index contributed by atoms with van der Waals surface area (Å²) in [5, 5.41) is 3.18. The molecule has 0 amide bonds. The maximum absolute atomic E-state index is 12.3. The molecule has 17 heavy (non-hydrogen) atoms. The molecule has 1 aromatic heterocycles. The lowest BCUT2D eigenvalue weighted by Crippen LogP contribution is -2.28. The summed E-state index contributed by atoms with van der Waals surface area (Å²) in [6.45, 7) is 3.32. The number of aryl methyl sites for hydroxylation is 1. The van der Waals surface area contributed by atoms with Crippen molar-refractivity contribution in [3.05, 3.63) is 22.8 Å². The van der Waals surface area contributed by atoms with E-state index in [1.807, 2.05) is 6.92 Å². The number of halogens is 3. The van der Waals surface area contributed by atoms with Crippen molar-refractivity contribution in [2.45, 2.75) is 38.9 Å². The van der Waals surface area contributed by atoms with Gasteiger partial charge in [-0.05, 0) is 6.42 Å². The van der Waals surface area contributed by atoms with Crippen molar-refractivity contribution in [3.63, 3.8) is 0 Å². The lowest BCUT2D eigenvalue weighted by Gasteiger charge is -2.19. The zero-order valence-electron chi connectivity index (χ0n) is 9.56. The van der Waals surface area contributed by atoms with Crippen LogP contribution < -0.4 is 5.32 Å². The third kappa shape index (κ3) is 2.94. The van der Waals surface area contributed by atoms with E-state index in [4.69, 9.17) is 0 Å². The molecule has 0 atom stereocenters. The maximum atomic E-state index is 12.3. The Morgan fingerprint density at radius 3 is 2.71 bits per heavy atom. The van der Waals surface area contributed by atoms with Gasteiger partial charge in [0.2, 0.25) is 0 Å². The van der Waals surface area contributed by atoms with Crippen molar-refractivity contribution < 1.29 is 13.2 Å². The van der Waals surface area contributed by atoms with Gasteiger partial charge in [-0.15, -0.1) is 0 Å². The molecule has 1 aromatic rings. The van der Waals surface area contributed by atoms with Crippen LogP contribution in [-0.2, 0) is 25.8 Å². The van der Waals surface area contributed by atoms with Gasteiger partial charge in [0.25, 0.3) is 0 Å². The number of hydrogen-bond acceptors (Lipinski definition) is 3. The van der Waals surface area contributed by atoms with Crippen LogP contribution in [0.15, 0.2) is 0 Å². The molecule has 0 saturated carbocycles. The lowest BCUT2D eigenvalue weighted by atomic mass is 10.0. The van der Waals surface area contributed by atoms with E-state index in [-0.39, 0.29) is 5.82 Å². The van der Waals surface area contributed by atoms with Crippen LogP contribution in [0.25, 0.3) is 0 Å². The SMILES string of the molecule is CCc1nc(CC(F)(F)F)nc2c1CNCC2. The quantitative estimate of drug-likeness (QED) is 0.863. The summed E-state index contributed by atoms with van der Waals surface area (Å²) in [6.07, 6.45) is -3.97. The van der Waals surface area contributed by atoms with E-state index < -0.39 is 12.6 Å². The van der Waals surface area contributed by atoms with Gasteiger partial charge in [-0.3, -0.25) is 0 Å². The first-order valence-corrected chi connectivity index (χ1v) is 5.64. The second-order valence-corrected chi connectivity index (χ2v) is 4.08. The van der Waals surface area contributed by atoms with Crippen molar-refractivity contribution in [2.75, 3.05) is 6.54 Å². The summed E-state index contributed by atoms with van der Waals surface area (Å²) in [6, 6.07) is 0. The Morgan fingerprint density at radius 1 is 1.29 bits per heavy atom. The largest absolute Gasteiger partial charge is 0.396 e. The Morgan fingerprint density at radius 2 is 2.06 bits per heavy atom. The third-order valence-corrected chi connectivity index (χ3v) is 2.76. The van der Waals surface area contributed by atoms with E-state index in [9.17, 15) is 13.2 Å². The molecule has 1 N–H and O–H groups in total. The van der Waals surface area contributed by atoms with Gasteiger partial charge in [-0.2, -0.15) is 13.2 Å². The minimum Gasteiger partial charge on any atom is -0.312 e. The summed E-state index contributed by atoms with van der Waals surface area (Å²) in [7, 11) is 0. The molecule has 3 nitrogen and oxygen atoms in total. The normalized spacial score (nSPS) is 15.8. The number of nitrogens with zero attached hydrogens (tertiary/aromatic N) is 2. The second-order valence-electron chi connectivity index (χ2n) is 4.08. The van der Waals surface area contributed by atoms with Crippen molar-refractivity contribution in [2.24, 2.45) is 0 Å². The maximum Gasteiger partial charge on any atom is 0.396 e. The van der Waals surface area contributed by atoms with Crippen LogP contribution >= 0.6 is 0 Å². The highest BCUT2D eigenvalue weighted by atomic mass is 19.4. The highest BCUT2D eigenvalue weighted by Gasteiger charge is 2.30. The first-order chi connectivity index (χ1) is 7.99. The minimum atomic E-state index is -4.24. The van der Waals surface area contributed by atoms with Gasteiger partial charge < -0.3 is 5.32 Å². The van der Waals surface area contributed by atoms with E-state index in [1.165, 1.54) is 0 Å². The topological polar surface area (TPSA) is 37.8 Å². The molecular formula is C11H14F3N3. The van der Waals surface area contributed by atoms with Crippen LogP contribution in [-0.4, -0.2) is 22.7 Å². The van der Waals surface area contributed by atoms with E-state index in [1.54, 1.807) is 0 Å². The fourth-order valence-corrected chi connectivity index (χ4v) is 2.02. The van der Waals surface area contributed by atoms with Crippen LogP contribution in [0, 0.1) is 0 Å². The number of nitrogens with one attached hydrogen (secondary N) is 1. The fraction of sp³-hybridized carbons (Fsp3) is 0.636. The summed E-state index contributed by atoms with van der Waals surface area (Å²) >= 11 is 0. The predicted molar refractivity (Wildman–Crippen MR) is 56.6 cm³/mol. The molecule has 0 saturated heterocycles. The predicted octanol–water partition coefficient (Wildman–Crippen LogP) is 1.79. The van der Waals surface area contributed by atoms with Gasteiger partial charge in [0.15, 0.2) is 0 Å². The smallest absolute Gasteiger partial charge is 0.312 e. The molecule has 0 aromatic carbocycles. The van der Waals surface area contributed by atoms with Crippen molar-refractivity contribution in [3.8, 4) is 0 Å². The Balaban J connectivity index is 2.36. The molecule has 0 radical (unpaired) electrons. The highest BCUT2D eigenvalue weighted by Crippen LogP contribution is 2.22. The molecule has 2 heterocycles. The van der Waals surface area contributed by atoms with E-state index in [0.717, 1.165) is 23.5 Å². The molecule has 0 bridgehead atoms. The number of alkyl halides is 3. The molecule has 1 aliphatic heterocycles. The average molecular weight is 245 g/mol. The molecule has 0 spiro atoms. The molecule has 1 aliphatic rings. The number of hydrogen-bond donors (Lipinski definition) is 1. The Labute approximate surface area is 97.5 Å². The molecule has 6 heteroatoms. The molecule has 94 valence electrons. The van der Waals surface area contributed by atoms with Crippen molar-refractivity contribution in [1.29, 1.82) is 0 Å². The Bertz CT molecular complexity index is 398. The van der Waals surface area contributed by atoms with Crippen LogP contribution in [0.3, 0.4) is 0 Å². The second kappa shape index (κ2) is 4.60. The number of rotatable bonds is 2. The summed E-state index contributed by atoms with van der Waals surface area (Å²) < 4.78 is 37.0.